The molecule has 4 rings (SSSR count). The molecule has 3 nitrogen and oxygen atoms in total. The number of carbonyl (C=O) groups is 1. The zero-order chi connectivity index (χ0) is 19.6. The standard InChI is InChI=1S/C23H31ClNO2S.BrH/c1-17(16-25(14-8-3-9-15-25)18-10-4-2-5-11-18)27-23(26)22-21(24)19-12-6-7-13-20(19)28-22;/h6-7,12-13,17-18H,2-5,8-11,14-16H2,1H3;1H/q+1;/p-1. The fourth-order valence-electron chi connectivity index (χ4n) is 5.40. The number of piperidine rings is 1. The van der Waals surface area contributed by atoms with Crippen LogP contribution in [0.25, 0.3) is 10.1 Å². The summed E-state index contributed by atoms with van der Waals surface area (Å²) in [7, 11) is 0. The molecule has 2 fully saturated rings. The van der Waals surface area contributed by atoms with E-state index in [1.165, 1.54) is 75.8 Å². The van der Waals surface area contributed by atoms with Crippen molar-refractivity contribution in [3.8, 4) is 0 Å². The highest BCUT2D eigenvalue weighted by molar-refractivity contribution is 7.21. The number of likely N-dealkylation sites (tertiary alicyclic amines) is 1. The summed E-state index contributed by atoms with van der Waals surface area (Å²) >= 11 is 7.92. The largest absolute Gasteiger partial charge is 1.00 e. The molecule has 0 amide bonds. The predicted molar refractivity (Wildman–Crippen MR) is 117 cm³/mol. The number of quaternary nitrogens is 1. The normalized spacial score (nSPS) is 20.8. The molecule has 1 aliphatic carbocycles. The van der Waals surface area contributed by atoms with Gasteiger partial charge in [0.25, 0.3) is 0 Å². The molecule has 1 aromatic heterocycles. The average molecular weight is 501 g/mol. The van der Waals surface area contributed by atoms with Crippen molar-refractivity contribution in [1.82, 2.24) is 0 Å². The van der Waals surface area contributed by atoms with Gasteiger partial charge in [0.05, 0.1) is 24.2 Å². The van der Waals surface area contributed by atoms with Gasteiger partial charge >= 0.3 is 5.97 Å². The Balaban J connectivity index is 0.00000240. The van der Waals surface area contributed by atoms with Crippen LogP contribution >= 0.6 is 22.9 Å². The molecular weight excluding hydrogens is 470 g/mol. The van der Waals surface area contributed by atoms with Crippen LogP contribution in [0, 0.1) is 0 Å². The van der Waals surface area contributed by atoms with Crippen LogP contribution < -0.4 is 17.0 Å². The third-order valence-electron chi connectivity index (χ3n) is 6.71. The summed E-state index contributed by atoms with van der Waals surface area (Å²) in [6, 6.07) is 8.64. The lowest BCUT2D eigenvalue weighted by Gasteiger charge is -2.49. The smallest absolute Gasteiger partial charge is 0.350 e. The number of fused-ring (bicyclic) bond motifs is 1. The summed E-state index contributed by atoms with van der Waals surface area (Å²) in [4.78, 5) is 13.4. The van der Waals surface area contributed by atoms with Crippen molar-refractivity contribution in [2.75, 3.05) is 19.6 Å². The van der Waals surface area contributed by atoms with Gasteiger partial charge in [-0.1, -0.05) is 36.2 Å². The Kier molecular flexibility index (Phi) is 8.05. The van der Waals surface area contributed by atoms with E-state index in [-0.39, 0.29) is 29.1 Å². The average Bonchev–Trinajstić information content (AvgIpc) is 3.06. The van der Waals surface area contributed by atoms with E-state index in [1.807, 2.05) is 24.3 Å². The lowest BCUT2D eigenvalue weighted by molar-refractivity contribution is -0.958. The quantitative estimate of drug-likeness (QED) is 0.464. The van der Waals surface area contributed by atoms with Gasteiger partial charge < -0.3 is 26.2 Å². The number of hydrogen-bond donors (Lipinski definition) is 0. The first-order valence-corrected chi connectivity index (χ1v) is 12.0. The van der Waals surface area contributed by atoms with Crippen molar-refractivity contribution in [3.63, 3.8) is 0 Å². The van der Waals surface area contributed by atoms with Crippen LogP contribution in [-0.4, -0.2) is 42.2 Å². The molecule has 0 N–H and O–H groups in total. The van der Waals surface area contributed by atoms with E-state index in [4.69, 9.17) is 16.3 Å². The molecular formula is C23H31BrClNO2S. The number of rotatable bonds is 5. The molecule has 29 heavy (non-hydrogen) atoms. The summed E-state index contributed by atoms with van der Waals surface area (Å²) in [5.74, 6) is -0.266. The highest BCUT2D eigenvalue weighted by Crippen LogP contribution is 2.36. The number of hydrogen-bond acceptors (Lipinski definition) is 3. The molecule has 0 spiro atoms. The van der Waals surface area contributed by atoms with Crippen LogP contribution in [0.4, 0.5) is 0 Å². The lowest BCUT2D eigenvalue weighted by Crippen LogP contribution is -3.00. The first-order valence-electron chi connectivity index (χ1n) is 10.8. The minimum atomic E-state index is -0.266. The van der Waals surface area contributed by atoms with Crippen molar-refractivity contribution < 1.29 is 31.0 Å². The van der Waals surface area contributed by atoms with E-state index in [2.05, 4.69) is 6.92 Å². The maximum absolute atomic E-state index is 12.9. The van der Waals surface area contributed by atoms with Gasteiger partial charge in [-0.15, -0.1) is 11.3 Å². The molecule has 1 atom stereocenters. The molecule has 1 aliphatic heterocycles. The van der Waals surface area contributed by atoms with Gasteiger partial charge in [0, 0.05) is 10.1 Å². The van der Waals surface area contributed by atoms with Gasteiger partial charge in [0.15, 0.2) is 0 Å². The van der Waals surface area contributed by atoms with Crippen molar-refractivity contribution >= 4 is 39.0 Å². The van der Waals surface area contributed by atoms with Crippen LogP contribution in [0.3, 0.4) is 0 Å². The van der Waals surface area contributed by atoms with Crippen molar-refractivity contribution in [3.05, 3.63) is 34.2 Å². The number of carbonyl (C=O) groups excluding carboxylic acids is 1. The second-order valence-electron chi connectivity index (χ2n) is 8.66. The topological polar surface area (TPSA) is 26.3 Å². The third-order valence-corrected chi connectivity index (χ3v) is 8.36. The van der Waals surface area contributed by atoms with Crippen molar-refractivity contribution in [1.29, 1.82) is 0 Å². The molecule has 0 bridgehead atoms. The van der Waals surface area contributed by atoms with Crippen LogP contribution in [-0.2, 0) is 4.74 Å². The molecule has 2 aromatic rings. The zero-order valence-corrected chi connectivity index (χ0v) is 20.3. The first kappa shape index (κ1) is 23.1. The number of thiophene rings is 1. The van der Waals surface area contributed by atoms with Gasteiger partial charge in [-0.25, -0.2) is 4.79 Å². The Morgan fingerprint density at radius 3 is 2.48 bits per heavy atom. The van der Waals surface area contributed by atoms with E-state index in [0.29, 0.717) is 9.90 Å². The molecule has 2 heterocycles. The van der Waals surface area contributed by atoms with E-state index in [0.717, 1.165) is 27.2 Å². The van der Waals surface area contributed by atoms with E-state index in [1.54, 1.807) is 0 Å². The highest BCUT2D eigenvalue weighted by atomic mass is 79.9. The summed E-state index contributed by atoms with van der Waals surface area (Å²) in [5, 5.41) is 1.47. The van der Waals surface area contributed by atoms with Crippen LogP contribution in [0.5, 0.6) is 0 Å². The number of ether oxygens (including phenoxy) is 1. The van der Waals surface area contributed by atoms with Gasteiger partial charge in [0.2, 0.25) is 0 Å². The number of benzene rings is 1. The lowest BCUT2D eigenvalue weighted by atomic mass is 9.89. The Morgan fingerprint density at radius 1 is 1.14 bits per heavy atom. The van der Waals surface area contributed by atoms with E-state index >= 15 is 0 Å². The summed E-state index contributed by atoms with van der Waals surface area (Å²) in [6.45, 7) is 5.50. The molecule has 1 saturated heterocycles. The maximum atomic E-state index is 12.9. The molecule has 1 unspecified atom stereocenters. The van der Waals surface area contributed by atoms with Gasteiger partial charge in [-0.2, -0.15) is 0 Å². The minimum absolute atomic E-state index is 0. The minimum Gasteiger partial charge on any atom is -1.00 e. The molecule has 160 valence electrons. The second kappa shape index (κ2) is 10.1. The van der Waals surface area contributed by atoms with Crippen molar-refractivity contribution in [2.24, 2.45) is 0 Å². The first-order chi connectivity index (χ1) is 13.6. The SMILES string of the molecule is CC(C[N+]1(C2CCCCC2)CCCCC1)OC(=O)c1sc2ccccc2c1Cl.[Br-]. The zero-order valence-electron chi connectivity index (χ0n) is 17.2. The maximum Gasteiger partial charge on any atom is 0.350 e. The highest BCUT2D eigenvalue weighted by Gasteiger charge is 2.40. The predicted octanol–water partition coefficient (Wildman–Crippen LogP) is 3.44. The number of esters is 1. The van der Waals surface area contributed by atoms with Crippen LogP contribution in [0.1, 0.15) is 68.0 Å². The molecule has 1 aromatic carbocycles. The Morgan fingerprint density at radius 2 is 1.79 bits per heavy atom. The molecule has 0 radical (unpaired) electrons. The number of nitrogens with zero attached hydrogens (tertiary/aromatic N) is 1. The molecule has 2 aliphatic rings. The van der Waals surface area contributed by atoms with E-state index in [9.17, 15) is 4.79 Å². The monoisotopic (exact) mass is 499 g/mol. The van der Waals surface area contributed by atoms with Crippen LogP contribution in [0.2, 0.25) is 5.02 Å². The Hall–Kier alpha value is -0.620. The second-order valence-corrected chi connectivity index (χ2v) is 10.1. The molecule has 1 saturated carbocycles. The summed E-state index contributed by atoms with van der Waals surface area (Å²) in [5.41, 5.74) is 0. The fraction of sp³-hybridized carbons (Fsp3) is 0.609. The number of halogens is 2. The Labute approximate surface area is 193 Å². The fourth-order valence-corrected chi connectivity index (χ4v) is 6.79. The summed E-state index contributed by atoms with van der Waals surface area (Å²) in [6.07, 6.45) is 10.6. The van der Waals surface area contributed by atoms with E-state index < -0.39 is 0 Å². The van der Waals surface area contributed by atoms with Crippen molar-refractivity contribution in [2.45, 2.75) is 70.4 Å². The molecule has 6 heteroatoms. The van der Waals surface area contributed by atoms with Gasteiger partial charge in [0.1, 0.15) is 17.5 Å². The van der Waals surface area contributed by atoms with Gasteiger partial charge in [-0.3, -0.25) is 0 Å². The Bertz CT molecular complexity index is 827. The van der Waals surface area contributed by atoms with Gasteiger partial charge in [-0.05, 0) is 57.9 Å². The van der Waals surface area contributed by atoms with Crippen LogP contribution in [0.15, 0.2) is 24.3 Å². The third kappa shape index (κ3) is 5.00. The summed E-state index contributed by atoms with van der Waals surface area (Å²) < 4.78 is 8.13.